The molecule has 2 aromatic heterocycles. The Hall–Kier alpha value is -3.52. The Morgan fingerprint density at radius 2 is 1.91 bits per heavy atom. The molecule has 8 heteroatoms. The van der Waals surface area contributed by atoms with Crippen LogP contribution in [0, 0.1) is 0 Å². The molecule has 0 bridgehead atoms. The number of methoxy groups -OCH3 is 1. The summed E-state index contributed by atoms with van der Waals surface area (Å²) < 4.78 is 6.38. The van der Waals surface area contributed by atoms with Gasteiger partial charge in [-0.2, -0.15) is 0 Å². The number of rotatable bonds is 8. The molecule has 1 amide bonds. The Bertz CT molecular complexity index is 1250. The van der Waals surface area contributed by atoms with Crippen molar-refractivity contribution in [2.75, 3.05) is 7.11 Å². The van der Waals surface area contributed by atoms with Crippen molar-refractivity contribution in [3.05, 3.63) is 86.8 Å². The molecular weight excluding hydrogens is 424 g/mol. The number of hydrogen-bond acceptors (Lipinski definition) is 6. The molecule has 0 aliphatic carbocycles. The van der Waals surface area contributed by atoms with Gasteiger partial charge in [-0.05, 0) is 48.2 Å². The van der Waals surface area contributed by atoms with Crippen LogP contribution < -0.4 is 10.3 Å². The minimum Gasteiger partial charge on any atom is -0.497 e. The fourth-order valence-electron chi connectivity index (χ4n) is 3.59. The van der Waals surface area contributed by atoms with Gasteiger partial charge in [-0.1, -0.05) is 35.5 Å². The molecule has 0 fully saturated rings. The SMILES string of the molecule is COc1ccc(CN(C(=O)Cn2nnc3ccccc3c2=O)C(C)Cc2cccs2)cc1. The largest absolute Gasteiger partial charge is 0.497 e. The molecular formula is C24H24N4O3S. The number of aromatic nitrogens is 3. The van der Waals surface area contributed by atoms with Crippen molar-refractivity contribution in [2.24, 2.45) is 0 Å². The number of fused-ring (bicyclic) bond motifs is 1. The summed E-state index contributed by atoms with van der Waals surface area (Å²) >= 11 is 1.67. The van der Waals surface area contributed by atoms with Crippen LogP contribution in [0.2, 0.25) is 0 Å². The van der Waals surface area contributed by atoms with Gasteiger partial charge in [0, 0.05) is 23.9 Å². The summed E-state index contributed by atoms with van der Waals surface area (Å²) in [5, 5.41) is 10.6. The van der Waals surface area contributed by atoms with E-state index >= 15 is 0 Å². The molecule has 1 unspecified atom stereocenters. The van der Waals surface area contributed by atoms with Gasteiger partial charge >= 0.3 is 0 Å². The highest BCUT2D eigenvalue weighted by Crippen LogP contribution is 2.19. The maximum Gasteiger partial charge on any atom is 0.278 e. The molecule has 4 rings (SSSR count). The quantitative estimate of drug-likeness (QED) is 0.412. The summed E-state index contributed by atoms with van der Waals surface area (Å²) in [4.78, 5) is 29.2. The lowest BCUT2D eigenvalue weighted by molar-refractivity contribution is -0.134. The smallest absolute Gasteiger partial charge is 0.278 e. The highest BCUT2D eigenvalue weighted by molar-refractivity contribution is 7.09. The topological polar surface area (TPSA) is 77.3 Å². The van der Waals surface area contributed by atoms with Crippen LogP contribution in [0.15, 0.2) is 70.8 Å². The number of nitrogens with zero attached hydrogens (tertiary/aromatic N) is 4. The maximum atomic E-state index is 13.4. The van der Waals surface area contributed by atoms with Gasteiger partial charge in [0.1, 0.15) is 17.8 Å². The number of amides is 1. The predicted octanol–water partition coefficient (Wildman–Crippen LogP) is 3.52. The van der Waals surface area contributed by atoms with Crippen molar-refractivity contribution < 1.29 is 9.53 Å². The molecule has 4 aromatic rings. The molecule has 0 spiro atoms. The number of carbonyl (C=O) groups excluding carboxylic acids is 1. The fourth-order valence-corrected chi connectivity index (χ4v) is 4.42. The molecule has 2 aromatic carbocycles. The van der Waals surface area contributed by atoms with Crippen LogP contribution in [-0.4, -0.2) is 39.0 Å². The van der Waals surface area contributed by atoms with E-state index in [9.17, 15) is 9.59 Å². The predicted molar refractivity (Wildman–Crippen MR) is 125 cm³/mol. The zero-order valence-electron chi connectivity index (χ0n) is 18.0. The number of thiophene rings is 1. The van der Waals surface area contributed by atoms with Gasteiger partial charge in [-0.25, -0.2) is 4.68 Å². The fraction of sp³-hybridized carbons (Fsp3) is 0.250. The van der Waals surface area contributed by atoms with Crippen LogP contribution in [0.5, 0.6) is 5.75 Å². The first-order valence-corrected chi connectivity index (χ1v) is 11.2. The van der Waals surface area contributed by atoms with Crippen LogP contribution in [0.1, 0.15) is 17.4 Å². The summed E-state index contributed by atoms with van der Waals surface area (Å²) in [7, 11) is 1.62. The summed E-state index contributed by atoms with van der Waals surface area (Å²) in [6, 6.07) is 18.7. The normalized spacial score (nSPS) is 11.9. The maximum absolute atomic E-state index is 13.4. The summed E-state index contributed by atoms with van der Waals surface area (Å²) in [6.07, 6.45) is 0.734. The van der Waals surface area contributed by atoms with Crippen LogP contribution in [0.25, 0.3) is 10.9 Å². The third kappa shape index (κ3) is 4.86. The number of hydrogen-bond donors (Lipinski definition) is 0. The van der Waals surface area contributed by atoms with Crippen molar-refractivity contribution >= 4 is 28.1 Å². The van der Waals surface area contributed by atoms with Crippen molar-refractivity contribution in [1.29, 1.82) is 0 Å². The Kier molecular flexibility index (Phi) is 6.61. The first-order valence-electron chi connectivity index (χ1n) is 10.3. The lowest BCUT2D eigenvalue weighted by Crippen LogP contribution is -2.43. The summed E-state index contributed by atoms with van der Waals surface area (Å²) in [5.41, 5.74) is 1.18. The zero-order valence-corrected chi connectivity index (χ0v) is 18.8. The number of ether oxygens (including phenoxy) is 1. The van der Waals surface area contributed by atoms with Crippen LogP contribution in [-0.2, 0) is 24.3 Å². The zero-order chi connectivity index (χ0) is 22.5. The van der Waals surface area contributed by atoms with Crippen LogP contribution >= 0.6 is 11.3 Å². The van der Waals surface area contributed by atoms with Gasteiger partial charge in [-0.3, -0.25) is 9.59 Å². The standard InChI is InChI=1S/C24H24N4O3S/c1-17(14-20-6-5-13-32-20)27(15-18-9-11-19(31-2)12-10-18)23(29)16-28-24(30)21-7-3-4-8-22(21)25-26-28/h3-13,17H,14-16H2,1-2H3. The summed E-state index contributed by atoms with van der Waals surface area (Å²) in [5.74, 6) is 0.577. The van der Waals surface area contributed by atoms with E-state index in [1.165, 1.54) is 4.88 Å². The number of benzene rings is 2. The second-order valence-corrected chi connectivity index (χ2v) is 8.60. The Labute approximate surface area is 189 Å². The lowest BCUT2D eigenvalue weighted by atomic mass is 10.1. The van der Waals surface area contributed by atoms with E-state index in [4.69, 9.17) is 4.74 Å². The minimum atomic E-state index is -0.320. The van der Waals surface area contributed by atoms with Gasteiger partial charge in [-0.15, -0.1) is 16.4 Å². The van der Waals surface area contributed by atoms with E-state index in [0.717, 1.165) is 22.4 Å². The lowest BCUT2D eigenvalue weighted by Gasteiger charge is -2.29. The monoisotopic (exact) mass is 448 g/mol. The first-order chi connectivity index (χ1) is 15.5. The highest BCUT2D eigenvalue weighted by atomic mass is 32.1. The second kappa shape index (κ2) is 9.74. The van der Waals surface area contributed by atoms with Crippen molar-refractivity contribution in [2.45, 2.75) is 32.5 Å². The Balaban J connectivity index is 1.59. The molecule has 0 aliphatic heterocycles. The van der Waals surface area contributed by atoms with Crippen LogP contribution in [0.4, 0.5) is 0 Å². The highest BCUT2D eigenvalue weighted by Gasteiger charge is 2.23. The van der Waals surface area contributed by atoms with E-state index in [0.29, 0.717) is 17.4 Å². The number of carbonyl (C=O) groups is 1. The third-order valence-electron chi connectivity index (χ3n) is 5.36. The molecule has 2 heterocycles. The third-order valence-corrected chi connectivity index (χ3v) is 6.25. The molecule has 164 valence electrons. The molecule has 7 nitrogen and oxygen atoms in total. The van der Waals surface area contributed by atoms with E-state index < -0.39 is 0 Å². The summed E-state index contributed by atoms with van der Waals surface area (Å²) in [6.45, 7) is 2.28. The Morgan fingerprint density at radius 1 is 1.12 bits per heavy atom. The van der Waals surface area contributed by atoms with Gasteiger partial charge in [0.2, 0.25) is 5.91 Å². The van der Waals surface area contributed by atoms with E-state index in [1.807, 2.05) is 42.6 Å². The van der Waals surface area contributed by atoms with E-state index in [-0.39, 0.29) is 24.1 Å². The van der Waals surface area contributed by atoms with Crippen molar-refractivity contribution in [3.8, 4) is 5.75 Å². The first kappa shape index (κ1) is 21.7. The molecule has 0 radical (unpaired) electrons. The molecule has 0 saturated carbocycles. The van der Waals surface area contributed by atoms with Gasteiger partial charge in [0.25, 0.3) is 5.56 Å². The van der Waals surface area contributed by atoms with Gasteiger partial charge in [0.05, 0.1) is 12.5 Å². The van der Waals surface area contributed by atoms with Crippen molar-refractivity contribution in [3.63, 3.8) is 0 Å². The average molecular weight is 449 g/mol. The van der Waals surface area contributed by atoms with Crippen molar-refractivity contribution in [1.82, 2.24) is 19.9 Å². The Morgan fingerprint density at radius 3 is 2.62 bits per heavy atom. The molecule has 0 N–H and O–H groups in total. The van der Waals surface area contributed by atoms with Gasteiger partial charge < -0.3 is 9.64 Å². The second-order valence-electron chi connectivity index (χ2n) is 7.57. The minimum absolute atomic E-state index is 0.0626. The molecule has 32 heavy (non-hydrogen) atoms. The van der Waals surface area contributed by atoms with Gasteiger partial charge in [0.15, 0.2) is 0 Å². The molecule has 0 aliphatic rings. The van der Waals surface area contributed by atoms with E-state index in [2.05, 4.69) is 16.4 Å². The van der Waals surface area contributed by atoms with Crippen LogP contribution in [0.3, 0.4) is 0 Å². The molecule has 1 atom stereocenters. The average Bonchev–Trinajstić information content (AvgIpc) is 3.32. The molecule has 0 saturated heterocycles. The van der Waals surface area contributed by atoms with E-state index in [1.54, 1.807) is 47.6 Å².